The molecule has 0 radical (unpaired) electrons. The maximum Gasteiger partial charge on any atom is 0.119 e. The molecule has 0 aromatic heterocycles. The smallest absolute Gasteiger partial charge is 0.119 e. The highest BCUT2D eigenvalue weighted by Crippen LogP contribution is 2.29. The van der Waals surface area contributed by atoms with Crippen LogP contribution < -0.4 is 10.1 Å². The van der Waals surface area contributed by atoms with Gasteiger partial charge in [0.25, 0.3) is 0 Å². The van der Waals surface area contributed by atoms with Crippen LogP contribution in [0.2, 0.25) is 10.0 Å². The summed E-state index contributed by atoms with van der Waals surface area (Å²) in [4.78, 5) is 0. The van der Waals surface area contributed by atoms with Gasteiger partial charge in [-0.3, -0.25) is 0 Å². The standard InChI is InChI=1S/C16H17Cl2NO/c1-10-8-13(20-3)5-7-16(10)19-11(2)12-4-6-14(17)15(18)9-12/h4-9,11,19H,1-3H3. The molecule has 0 aliphatic rings. The summed E-state index contributed by atoms with van der Waals surface area (Å²) >= 11 is 12.0. The normalized spacial score (nSPS) is 12.1. The molecular formula is C16H17Cl2NO. The molecule has 1 unspecified atom stereocenters. The average molecular weight is 310 g/mol. The predicted octanol–water partition coefficient (Wildman–Crippen LogP) is 5.48. The topological polar surface area (TPSA) is 21.3 Å². The zero-order chi connectivity index (χ0) is 14.7. The number of nitrogens with one attached hydrogen (secondary N) is 1. The number of methoxy groups -OCH3 is 1. The van der Waals surface area contributed by atoms with Gasteiger partial charge in [-0.2, -0.15) is 0 Å². The summed E-state index contributed by atoms with van der Waals surface area (Å²) in [7, 11) is 1.67. The molecule has 0 saturated heterocycles. The molecule has 0 aliphatic carbocycles. The molecule has 0 saturated carbocycles. The molecule has 0 bridgehead atoms. The molecule has 0 heterocycles. The quantitative estimate of drug-likeness (QED) is 0.807. The van der Waals surface area contributed by atoms with E-state index in [0.29, 0.717) is 10.0 Å². The fourth-order valence-corrected chi connectivity index (χ4v) is 2.33. The third-order valence-electron chi connectivity index (χ3n) is 3.25. The van der Waals surface area contributed by atoms with Crippen molar-refractivity contribution in [3.8, 4) is 5.75 Å². The number of rotatable bonds is 4. The lowest BCUT2D eigenvalue weighted by Gasteiger charge is -2.18. The van der Waals surface area contributed by atoms with Crippen LogP contribution in [0.5, 0.6) is 5.75 Å². The minimum atomic E-state index is 0.136. The lowest BCUT2D eigenvalue weighted by Crippen LogP contribution is -2.07. The van der Waals surface area contributed by atoms with Crippen LogP contribution in [0.4, 0.5) is 5.69 Å². The number of hydrogen-bond acceptors (Lipinski definition) is 2. The second-order valence-electron chi connectivity index (χ2n) is 4.72. The van der Waals surface area contributed by atoms with Gasteiger partial charge in [0.05, 0.1) is 17.2 Å². The molecular weight excluding hydrogens is 293 g/mol. The van der Waals surface area contributed by atoms with Gasteiger partial charge in [-0.1, -0.05) is 29.3 Å². The average Bonchev–Trinajstić information content (AvgIpc) is 2.43. The first kappa shape index (κ1) is 15.0. The van der Waals surface area contributed by atoms with Crippen LogP contribution in [-0.2, 0) is 0 Å². The molecule has 0 spiro atoms. The van der Waals surface area contributed by atoms with Crippen molar-refractivity contribution in [2.24, 2.45) is 0 Å². The molecule has 0 fully saturated rings. The molecule has 20 heavy (non-hydrogen) atoms. The highest BCUT2D eigenvalue weighted by atomic mass is 35.5. The first-order chi connectivity index (χ1) is 9.51. The fraction of sp³-hybridized carbons (Fsp3) is 0.250. The third-order valence-corrected chi connectivity index (χ3v) is 3.99. The molecule has 1 atom stereocenters. The number of ether oxygens (including phenoxy) is 1. The van der Waals surface area contributed by atoms with Crippen LogP contribution in [-0.4, -0.2) is 7.11 Å². The number of hydrogen-bond donors (Lipinski definition) is 1. The molecule has 2 rings (SSSR count). The number of anilines is 1. The van der Waals surface area contributed by atoms with E-state index in [1.54, 1.807) is 7.11 Å². The van der Waals surface area contributed by atoms with Crippen molar-refractivity contribution in [3.05, 3.63) is 57.6 Å². The van der Waals surface area contributed by atoms with Crippen LogP contribution in [0.15, 0.2) is 36.4 Å². The maximum absolute atomic E-state index is 6.06. The summed E-state index contributed by atoms with van der Waals surface area (Å²) in [6.07, 6.45) is 0. The molecule has 2 aromatic carbocycles. The van der Waals surface area contributed by atoms with Crippen molar-refractivity contribution < 1.29 is 4.74 Å². The van der Waals surface area contributed by atoms with E-state index in [9.17, 15) is 0 Å². The molecule has 0 amide bonds. The van der Waals surface area contributed by atoms with E-state index in [2.05, 4.69) is 12.2 Å². The van der Waals surface area contributed by atoms with Gasteiger partial charge in [0.1, 0.15) is 5.75 Å². The van der Waals surface area contributed by atoms with E-state index < -0.39 is 0 Å². The summed E-state index contributed by atoms with van der Waals surface area (Å²) in [5, 5.41) is 4.61. The van der Waals surface area contributed by atoms with Crippen molar-refractivity contribution in [2.75, 3.05) is 12.4 Å². The second kappa shape index (κ2) is 6.38. The lowest BCUT2D eigenvalue weighted by molar-refractivity contribution is 0.414. The number of halogens is 2. The van der Waals surface area contributed by atoms with E-state index >= 15 is 0 Å². The summed E-state index contributed by atoms with van der Waals surface area (Å²) in [6.45, 7) is 4.13. The minimum Gasteiger partial charge on any atom is -0.497 e. The number of benzene rings is 2. The Morgan fingerprint density at radius 2 is 1.80 bits per heavy atom. The third kappa shape index (κ3) is 3.38. The monoisotopic (exact) mass is 309 g/mol. The molecule has 106 valence electrons. The van der Waals surface area contributed by atoms with Crippen LogP contribution in [0.25, 0.3) is 0 Å². The summed E-state index contributed by atoms with van der Waals surface area (Å²) in [5.74, 6) is 0.857. The first-order valence-electron chi connectivity index (χ1n) is 6.37. The van der Waals surface area contributed by atoms with Gasteiger partial charge in [-0.15, -0.1) is 0 Å². The van der Waals surface area contributed by atoms with E-state index in [1.807, 2.05) is 43.3 Å². The zero-order valence-electron chi connectivity index (χ0n) is 11.7. The molecule has 2 aromatic rings. The van der Waals surface area contributed by atoms with Gasteiger partial charge in [0.15, 0.2) is 0 Å². The highest BCUT2D eigenvalue weighted by molar-refractivity contribution is 6.42. The Labute approximate surface area is 129 Å². The minimum absolute atomic E-state index is 0.136. The second-order valence-corrected chi connectivity index (χ2v) is 5.53. The molecule has 1 N–H and O–H groups in total. The number of aryl methyl sites for hydroxylation is 1. The van der Waals surface area contributed by atoms with Crippen molar-refractivity contribution >= 4 is 28.9 Å². The predicted molar refractivity (Wildman–Crippen MR) is 86.2 cm³/mol. The Morgan fingerprint density at radius 1 is 1.05 bits per heavy atom. The first-order valence-corrected chi connectivity index (χ1v) is 7.13. The zero-order valence-corrected chi connectivity index (χ0v) is 13.2. The summed E-state index contributed by atoms with van der Waals surface area (Å²) < 4.78 is 5.21. The van der Waals surface area contributed by atoms with Crippen molar-refractivity contribution in [3.63, 3.8) is 0 Å². The van der Waals surface area contributed by atoms with Crippen molar-refractivity contribution in [1.29, 1.82) is 0 Å². The highest BCUT2D eigenvalue weighted by Gasteiger charge is 2.09. The van der Waals surface area contributed by atoms with E-state index in [0.717, 1.165) is 22.6 Å². The van der Waals surface area contributed by atoms with Crippen LogP contribution in [0, 0.1) is 6.92 Å². The van der Waals surface area contributed by atoms with Gasteiger partial charge < -0.3 is 10.1 Å². The van der Waals surface area contributed by atoms with Crippen LogP contribution >= 0.6 is 23.2 Å². The van der Waals surface area contributed by atoms with Gasteiger partial charge in [0.2, 0.25) is 0 Å². The van der Waals surface area contributed by atoms with Crippen LogP contribution in [0.1, 0.15) is 24.1 Å². The summed E-state index contributed by atoms with van der Waals surface area (Å²) in [5.41, 5.74) is 3.30. The lowest BCUT2D eigenvalue weighted by atomic mass is 10.1. The van der Waals surface area contributed by atoms with E-state index in [1.165, 1.54) is 0 Å². The molecule has 2 nitrogen and oxygen atoms in total. The van der Waals surface area contributed by atoms with Gasteiger partial charge in [-0.25, -0.2) is 0 Å². The van der Waals surface area contributed by atoms with Gasteiger partial charge in [0, 0.05) is 11.7 Å². The van der Waals surface area contributed by atoms with Crippen LogP contribution in [0.3, 0.4) is 0 Å². The maximum atomic E-state index is 6.06. The Morgan fingerprint density at radius 3 is 2.40 bits per heavy atom. The Kier molecular flexibility index (Phi) is 4.79. The fourth-order valence-electron chi connectivity index (χ4n) is 2.02. The van der Waals surface area contributed by atoms with E-state index in [4.69, 9.17) is 27.9 Å². The van der Waals surface area contributed by atoms with Crippen molar-refractivity contribution in [2.45, 2.75) is 19.9 Å². The summed E-state index contributed by atoms with van der Waals surface area (Å²) in [6, 6.07) is 11.8. The Balaban J connectivity index is 2.18. The molecule has 0 aliphatic heterocycles. The molecule has 4 heteroatoms. The SMILES string of the molecule is COc1ccc(NC(C)c2ccc(Cl)c(Cl)c2)c(C)c1. The Hall–Kier alpha value is -1.38. The van der Waals surface area contributed by atoms with E-state index in [-0.39, 0.29) is 6.04 Å². The van der Waals surface area contributed by atoms with Gasteiger partial charge in [-0.05, 0) is 55.3 Å². The van der Waals surface area contributed by atoms with Gasteiger partial charge >= 0.3 is 0 Å². The largest absolute Gasteiger partial charge is 0.497 e. The van der Waals surface area contributed by atoms with Crippen molar-refractivity contribution in [1.82, 2.24) is 0 Å². The Bertz CT molecular complexity index is 613.